The molecule has 0 aliphatic heterocycles. The van der Waals surface area contributed by atoms with Crippen LogP contribution in [0.15, 0.2) is 45.3 Å². The lowest BCUT2D eigenvalue weighted by molar-refractivity contribution is -0.121. The van der Waals surface area contributed by atoms with Crippen molar-refractivity contribution < 1.29 is 4.79 Å². The Morgan fingerprint density at radius 2 is 1.79 bits per heavy atom. The van der Waals surface area contributed by atoms with Crippen molar-refractivity contribution in [2.24, 2.45) is 19.2 Å². The van der Waals surface area contributed by atoms with E-state index < -0.39 is 17.2 Å². The van der Waals surface area contributed by atoms with Crippen molar-refractivity contribution in [2.45, 2.75) is 32.7 Å². The normalized spacial score (nSPS) is 12.0. The molecule has 0 saturated carbocycles. The number of hydrogen-bond acceptors (Lipinski definition) is 5. The molecule has 152 valence electrons. The smallest absolute Gasteiger partial charge is 0.315 e. The third kappa shape index (κ3) is 4.03. The lowest BCUT2D eigenvalue weighted by atomic mass is 9.87. The van der Waals surface area contributed by atoms with Gasteiger partial charge in [-0.15, -0.1) is 0 Å². The first-order chi connectivity index (χ1) is 13.6. The number of aryl methyl sites for hydroxylation is 1. The minimum atomic E-state index is -0.504. The molecule has 3 rings (SSSR count). The van der Waals surface area contributed by atoms with Gasteiger partial charge in [-0.2, -0.15) is 5.10 Å². The van der Waals surface area contributed by atoms with Crippen LogP contribution in [-0.4, -0.2) is 30.8 Å². The van der Waals surface area contributed by atoms with Crippen LogP contribution in [0.25, 0.3) is 11.2 Å². The largest absolute Gasteiger partial charge is 0.332 e. The summed E-state index contributed by atoms with van der Waals surface area (Å²) in [6.45, 7) is 6.27. The summed E-state index contributed by atoms with van der Waals surface area (Å²) in [5.74, 6) is -0.414. The van der Waals surface area contributed by atoms with Gasteiger partial charge in [0.1, 0.15) is 6.54 Å². The molecule has 29 heavy (non-hydrogen) atoms. The van der Waals surface area contributed by atoms with Crippen molar-refractivity contribution in [3.8, 4) is 0 Å². The second kappa shape index (κ2) is 7.50. The van der Waals surface area contributed by atoms with Crippen LogP contribution >= 0.6 is 0 Å². The maximum atomic E-state index is 12.4. The van der Waals surface area contributed by atoms with Gasteiger partial charge in [-0.05, 0) is 16.5 Å². The molecule has 0 saturated heterocycles. The summed E-state index contributed by atoms with van der Waals surface area (Å²) in [5, 5.41) is 3.97. The molecule has 2 aromatic heterocycles. The van der Waals surface area contributed by atoms with Gasteiger partial charge in [0.2, 0.25) is 0 Å². The molecule has 0 unspecified atom stereocenters. The van der Waals surface area contributed by atoms with E-state index in [1.54, 1.807) is 6.21 Å². The number of carbonyl (C=O) groups is 1. The Labute approximate surface area is 167 Å². The highest BCUT2D eigenvalue weighted by Crippen LogP contribution is 2.21. The molecule has 1 amide bonds. The summed E-state index contributed by atoms with van der Waals surface area (Å²) in [6, 6.07) is 7.93. The second-order valence-corrected chi connectivity index (χ2v) is 7.92. The highest BCUT2D eigenvalue weighted by Gasteiger charge is 2.16. The molecule has 9 nitrogen and oxygen atoms in total. The first kappa shape index (κ1) is 20.2. The summed E-state index contributed by atoms with van der Waals surface area (Å²) in [7, 11) is 2.91. The minimum Gasteiger partial charge on any atom is -0.315 e. The van der Waals surface area contributed by atoms with Crippen LogP contribution in [0.2, 0.25) is 0 Å². The van der Waals surface area contributed by atoms with E-state index in [1.165, 1.54) is 35.1 Å². The Balaban J connectivity index is 1.73. The van der Waals surface area contributed by atoms with Crippen molar-refractivity contribution in [1.29, 1.82) is 0 Å². The number of imidazole rings is 1. The van der Waals surface area contributed by atoms with E-state index in [-0.39, 0.29) is 23.1 Å². The first-order valence-corrected chi connectivity index (χ1v) is 9.13. The molecule has 3 aromatic rings. The van der Waals surface area contributed by atoms with Gasteiger partial charge in [0.25, 0.3) is 11.5 Å². The predicted molar refractivity (Wildman–Crippen MR) is 111 cm³/mol. The number of hydrazone groups is 1. The summed E-state index contributed by atoms with van der Waals surface area (Å²) in [4.78, 5) is 40.7. The number of benzene rings is 1. The zero-order valence-corrected chi connectivity index (χ0v) is 17.1. The lowest BCUT2D eigenvalue weighted by Crippen LogP contribution is -2.38. The molecule has 0 spiro atoms. The van der Waals surface area contributed by atoms with E-state index in [9.17, 15) is 14.4 Å². The maximum absolute atomic E-state index is 12.4. The highest BCUT2D eigenvalue weighted by molar-refractivity contribution is 5.83. The average Bonchev–Trinajstić information content (AvgIpc) is 3.08. The zero-order chi connectivity index (χ0) is 21.3. The van der Waals surface area contributed by atoms with Gasteiger partial charge in [-0.3, -0.25) is 18.7 Å². The van der Waals surface area contributed by atoms with E-state index in [2.05, 4.69) is 36.3 Å². The fourth-order valence-electron chi connectivity index (χ4n) is 2.95. The van der Waals surface area contributed by atoms with E-state index in [1.807, 2.05) is 24.3 Å². The molecule has 0 aliphatic rings. The van der Waals surface area contributed by atoms with Gasteiger partial charge in [-0.25, -0.2) is 15.2 Å². The van der Waals surface area contributed by atoms with Crippen molar-refractivity contribution in [3.05, 3.63) is 62.6 Å². The summed E-state index contributed by atoms with van der Waals surface area (Å²) >= 11 is 0. The molecule has 0 bridgehead atoms. The van der Waals surface area contributed by atoms with Crippen LogP contribution in [-0.2, 0) is 30.8 Å². The molecular formula is C20H24N6O3. The third-order valence-electron chi connectivity index (χ3n) is 4.71. The quantitative estimate of drug-likeness (QED) is 0.522. The van der Waals surface area contributed by atoms with E-state index in [4.69, 9.17) is 0 Å². The number of aromatic nitrogens is 4. The molecule has 9 heteroatoms. The van der Waals surface area contributed by atoms with Gasteiger partial charge >= 0.3 is 5.69 Å². The maximum Gasteiger partial charge on any atom is 0.332 e. The zero-order valence-electron chi connectivity index (χ0n) is 17.1. The van der Waals surface area contributed by atoms with Gasteiger partial charge in [-0.1, -0.05) is 45.0 Å². The summed E-state index contributed by atoms with van der Waals surface area (Å²) < 4.78 is 3.66. The summed E-state index contributed by atoms with van der Waals surface area (Å²) in [5.41, 5.74) is 4.02. The molecule has 1 aromatic carbocycles. The fourth-order valence-corrected chi connectivity index (χ4v) is 2.95. The standard InChI is InChI=1S/C20H24N6O3/c1-20(2,3)14-8-6-13(7-9-14)10-22-23-15(27)11-26-12-21-17-16(26)18(28)25(5)19(29)24(17)4/h6-10,12H,11H2,1-5H3,(H,23,27). The second-order valence-electron chi connectivity index (χ2n) is 7.92. The van der Waals surface area contributed by atoms with Crippen LogP contribution in [0.4, 0.5) is 0 Å². The Kier molecular flexibility index (Phi) is 5.23. The van der Waals surface area contributed by atoms with Crippen LogP contribution < -0.4 is 16.7 Å². The monoisotopic (exact) mass is 396 g/mol. The average molecular weight is 396 g/mol. The van der Waals surface area contributed by atoms with E-state index in [0.29, 0.717) is 0 Å². The number of fused-ring (bicyclic) bond motifs is 1. The predicted octanol–water partition coefficient (Wildman–Crippen LogP) is 0.881. The Hall–Kier alpha value is -3.49. The van der Waals surface area contributed by atoms with Crippen molar-refractivity contribution in [3.63, 3.8) is 0 Å². The SMILES string of the molecule is Cn1c(=O)c2c(ncn2CC(=O)NN=Cc2ccc(C(C)(C)C)cc2)n(C)c1=O. The van der Waals surface area contributed by atoms with Crippen molar-refractivity contribution in [2.75, 3.05) is 0 Å². The van der Waals surface area contributed by atoms with E-state index >= 15 is 0 Å². The van der Waals surface area contributed by atoms with Crippen LogP contribution in [0, 0.1) is 0 Å². The molecule has 0 radical (unpaired) electrons. The number of nitrogens with zero attached hydrogens (tertiary/aromatic N) is 5. The molecule has 0 fully saturated rings. The van der Waals surface area contributed by atoms with Crippen molar-refractivity contribution >= 4 is 23.3 Å². The molecule has 0 aliphatic carbocycles. The summed E-state index contributed by atoms with van der Waals surface area (Å²) in [6.07, 6.45) is 2.92. The fraction of sp³-hybridized carbons (Fsp3) is 0.350. The number of carbonyl (C=O) groups excluding carboxylic acids is 1. The van der Waals surface area contributed by atoms with Gasteiger partial charge in [0.05, 0.1) is 12.5 Å². The topological polar surface area (TPSA) is 103 Å². The molecule has 1 N–H and O–H groups in total. The number of nitrogens with one attached hydrogen (secondary N) is 1. The lowest BCUT2D eigenvalue weighted by Gasteiger charge is -2.18. The minimum absolute atomic E-state index is 0.0675. The number of rotatable bonds is 4. The molecule has 0 atom stereocenters. The third-order valence-corrected chi connectivity index (χ3v) is 4.71. The Morgan fingerprint density at radius 1 is 1.14 bits per heavy atom. The van der Waals surface area contributed by atoms with Crippen molar-refractivity contribution in [1.82, 2.24) is 24.1 Å². The van der Waals surface area contributed by atoms with Crippen LogP contribution in [0.3, 0.4) is 0 Å². The van der Waals surface area contributed by atoms with Gasteiger partial charge in [0, 0.05) is 14.1 Å². The highest BCUT2D eigenvalue weighted by atomic mass is 16.2. The first-order valence-electron chi connectivity index (χ1n) is 9.13. The Bertz CT molecular complexity index is 1210. The van der Waals surface area contributed by atoms with Crippen LogP contribution in [0.5, 0.6) is 0 Å². The molecular weight excluding hydrogens is 372 g/mol. The Morgan fingerprint density at radius 3 is 2.41 bits per heavy atom. The number of amides is 1. The molecule has 2 heterocycles. The van der Waals surface area contributed by atoms with Crippen LogP contribution in [0.1, 0.15) is 31.9 Å². The van der Waals surface area contributed by atoms with E-state index in [0.717, 1.165) is 10.1 Å². The van der Waals surface area contributed by atoms with Gasteiger partial charge in [0.15, 0.2) is 11.2 Å². The van der Waals surface area contributed by atoms with Gasteiger partial charge < -0.3 is 4.57 Å². The number of hydrogen-bond donors (Lipinski definition) is 1.